The number of carboxylic acid groups (broad SMARTS) is 1. The number of aromatic carboxylic acids is 1. The summed E-state index contributed by atoms with van der Waals surface area (Å²) in [4.78, 5) is 19.3. The SMILES string of the molecule is N#Cc1cc(Nc2ccccc2)nc(-n2ncc(C(=O)O)c2N)n1. The van der Waals surface area contributed by atoms with Gasteiger partial charge in [0.15, 0.2) is 0 Å². The van der Waals surface area contributed by atoms with E-state index < -0.39 is 5.97 Å². The Morgan fingerprint density at radius 3 is 2.67 bits per heavy atom. The first-order valence-corrected chi connectivity index (χ1v) is 6.77. The molecule has 2 heterocycles. The van der Waals surface area contributed by atoms with Crippen LogP contribution in [0.1, 0.15) is 16.1 Å². The highest BCUT2D eigenvalue weighted by Gasteiger charge is 2.17. The Balaban J connectivity index is 2.04. The predicted molar refractivity (Wildman–Crippen MR) is 85.0 cm³/mol. The molecule has 0 saturated heterocycles. The summed E-state index contributed by atoms with van der Waals surface area (Å²) in [6.45, 7) is 0. The number of nitrogens with one attached hydrogen (secondary N) is 1. The van der Waals surface area contributed by atoms with E-state index in [-0.39, 0.29) is 23.0 Å². The van der Waals surface area contributed by atoms with Crippen molar-refractivity contribution in [2.45, 2.75) is 0 Å². The van der Waals surface area contributed by atoms with Crippen molar-refractivity contribution in [1.82, 2.24) is 19.7 Å². The van der Waals surface area contributed by atoms with Gasteiger partial charge in [0.05, 0.1) is 6.20 Å². The van der Waals surface area contributed by atoms with Gasteiger partial charge >= 0.3 is 5.97 Å². The van der Waals surface area contributed by atoms with Gasteiger partial charge in [0.2, 0.25) is 0 Å². The molecule has 3 rings (SSSR count). The average molecular weight is 321 g/mol. The molecule has 0 atom stereocenters. The molecule has 2 aromatic heterocycles. The van der Waals surface area contributed by atoms with Crippen LogP contribution < -0.4 is 11.1 Å². The molecule has 3 aromatic rings. The maximum Gasteiger partial charge on any atom is 0.341 e. The van der Waals surface area contributed by atoms with Crippen LogP contribution in [0.4, 0.5) is 17.3 Å². The van der Waals surface area contributed by atoms with E-state index >= 15 is 0 Å². The Bertz CT molecular complexity index is 944. The number of anilines is 3. The van der Waals surface area contributed by atoms with Gasteiger partial charge in [0, 0.05) is 11.8 Å². The van der Waals surface area contributed by atoms with Crippen LogP contribution in [-0.4, -0.2) is 30.8 Å². The minimum absolute atomic E-state index is 0.00233. The van der Waals surface area contributed by atoms with Crippen molar-refractivity contribution < 1.29 is 9.90 Å². The molecule has 0 aliphatic heterocycles. The van der Waals surface area contributed by atoms with E-state index in [1.165, 1.54) is 6.07 Å². The molecule has 0 radical (unpaired) electrons. The molecule has 0 spiro atoms. The average Bonchev–Trinajstić information content (AvgIpc) is 2.97. The molecular formula is C15H11N7O2. The molecule has 1 aromatic carbocycles. The van der Waals surface area contributed by atoms with Crippen LogP contribution in [0.2, 0.25) is 0 Å². The van der Waals surface area contributed by atoms with E-state index in [1.54, 1.807) is 0 Å². The van der Waals surface area contributed by atoms with Crippen molar-refractivity contribution in [2.24, 2.45) is 0 Å². The highest BCUT2D eigenvalue weighted by molar-refractivity contribution is 5.92. The van der Waals surface area contributed by atoms with Gasteiger partial charge in [0.1, 0.15) is 29.0 Å². The summed E-state index contributed by atoms with van der Waals surface area (Å²) in [6.07, 6.45) is 1.10. The van der Waals surface area contributed by atoms with E-state index in [0.29, 0.717) is 5.82 Å². The zero-order chi connectivity index (χ0) is 17.1. The highest BCUT2D eigenvalue weighted by Crippen LogP contribution is 2.19. The van der Waals surface area contributed by atoms with Gasteiger partial charge in [-0.05, 0) is 12.1 Å². The lowest BCUT2D eigenvalue weighted by Gasteiger charge is -2.08. The monoisotopic (exact) mass is 321 g/mol. The quantitative estimate of drug-likeness (QED) is 0.657. The number of para-hydroxylation sites is 1. The van der Waals surface area contributed by atoms with Gasteiger partial charge in [-0.3, -0.25) is 0 Å². The number of nitrogens with two attached hydrogens (primary N) is 1. The van der Waals surface area contributed by atoms with Gasteiger partial charge in [-0.25, -0.2) is 4.79 Å². The summed E-state index contributed by atoms with van der Waals surface area (Å²) < 4.78 is 1.07. The summed E-state index contributed by atoms with van der Waals surface area (Å²) in [7, 11) is 0. The second kappa shape index (κ2) is 6.05. The summed E-state index contributed by atoms with van der Waals surface area (Å²) in [5.41, 5.74) is 6.46. The smallest absolute Gasteiger partial charge is 0.341 e. The third-order valence-corrected chi connectivity index (χ3v) is 3.10. The number of aromatic nitrogens is 4. The van der Waals surface area contributed by atoms with Crippen molar-refractivity contribution >= 4 is 23.3 Å². The fourth-order valence-electron chi connectivity index (χ4n) is 2.00. The lowest BCUT2D eigenvalue weighted by atomic mass is 10.3. The van der Waals surface area contributed by atoms with Crippen LogP contribution in [0.3, 0.4) is 0 Å². The van der Waals surface area contributed by atoms with Gasteiger partial charge in [-0.15, -0.1) is 0 Å². The Morgan fingerprint density at radius 2 is 2.04 bits per heavy atom. The number of nitrogen functional groups attached to an aromatic ring is 1. The molecule has 4 N–H and O–H groups in total. The van der Waals surface area contributed by atoms with Crippen molar-refractivity contribution in [2.75, 3.05) is 11.1 Å². The molecule has 0 aliphatic rings. The first-order chi connectivity index (χ1) is 11.6. The number of nitriles is 1. The van der Waals surface area contributed by atoms with Crippen molar-refractivity contribution in [3.8, 4) is 12.0 Å². The van der Waals surface area contributed by atoms with Gasteiger partial charge < -0.3 is 16.2 Å². The highest BCUT2D eigenvalue weighted by atomic mass is 16.4. The van der Waals surface area contributed by atoms with E-state index in [4.69, 9.17) is 16.1 Å². The third-order valence-electron chi connectivity index (χ3n) is 3.10. The standard InChI is InChI=1S/C15H11N7O2/c16-7-10-6-12(19-9-4-2-1-3-5-9)21-15(20-10)22-13(17)11(8-18-22)14(23)24/h1-6,8H,17H2,(H,23,24)(H,19,20,21). The number of nitrogens with zero attached hydrogens (tertiary/aromatic N) is 5. The first-order valence-electron chi connectivity index (χ1n) is 6.77. The molecule has 0 aliphatic carbocycles. The number of carboxylic acids is 1. The summed E-state index contributed by atoms with van der Waals surface area (Å²) in [6, 6.07) is 12.6. The molecular weight excluding hydrogens is 310 g/mol. The zero-order valence-corrected chi connectivity index (χ0v) is 12.2. The second-order valence-electron chi connectivity index (χ2n) is 4.70. The van der Waals surface area contributed by atoms with Crippen molar-refractivity contribution in [3.05, 3.63) is 53.9 Å². The number of rotatable bonds is 4. The van der Waals surface area contributed by atoms with Crippen LogP contribution in [0.5, 0.6) is 0 Å². The van der Waals surface area contributed by atoms with Crippen LogP contribution in [0.25, 0.3) is 5.95 Å². The third kappa shape index (κ3) is 2.84. The number of hydrogen-bond acceptors (Lipinski definition) is 7. The Labute approximate surface area is 136 Å². The Morgan fingerprint density at radius 1 is 1.29 bits per heavy atom. The summed E-state index contributed by atoms with van der Waals surface area (Å²) >= 11 is 0. The first kappa shape index (κ1) is 15.0. The second-order valence-corrected chi connectivity index (χ2v) is 4.70. The summed E-state index contributed by atoms with van der Waals surface area (Å²) in [5.74, 6) is -0.979. The van der Waals surface area contributed by atoms with Crippen LogP contribution >= 0.6 is 0 Å². The normalized spacial score (nSPS) is 10.1. The number of carbonyl (C=O) groups is 1. The molecule has 0 saturated carbocycles. The van der Waals surface area contributed by atoms with E-state index in [2.05, 4.69) is 20.4 Å². The molecule has 118 valence electrons. The lowest BCUT2D eigenvalue weighted by Crippen LogP contribution is -2.10. The topological polar surface area (TPSA) is 143 Å². The molecule has 0 bridgehead atoms. The van der Waals surface area contributed by atoms with Gasteiger partial charge in [-0.1, -0.05) is 18.2 Å². The zero-order valence-electron chi connectivity index (χ0n) is 12.2. The molecule has 24 heavy (non-hydrogen) atoms. The van der Waals surface area contributed by atoms with Crippen molar-refractivity contribution in [3.63, 3.8) is 0 Å². The van der Waals surface area contributed by atoms with E-state index in [0.717, 1.165) is 16.6 Å². The van der Waals surface area contributed by atoms with E-state index in [1.807, 2.05) is 36.4 Å². The van der Waals surface area contributed by atoms with Crippen LogP contribution in [0.15, 0.2) is 42.6 Å². The fourth-order valence-corrected chi connectivity index (χ4v) is 2.00. The number of hydrogen-bond donors (Lipinski definition) is 3. The summed E-state index contributed by atoms with van der Waals surface area (Å²) in [5, 5.41) is 25.1. The van der Waals surface area contributed by atoms with Gasteiger partial charge in [-0.2, -0.15) is 25.0 Å². The van der Waals surface area contributed by atoms with Crippen molar-refractivity contribution in [1.29, 1.82) is 5.26 Å². The van der Waals surface area contributed by atoms with Crippen LogP contribution in [-0.2, 0) is 0 Å². The lowest BCUT2D eigenvalue weighted by molar-refractivity contribution is 0.0698. The fraction of sp³-hybridized carbons (Fsp3) is 0. The Kier molecular flexibility index (Phi) is 3.78. The minimum atomic E-state index is -1.21. The molecule has 9 nitrogen and oxygen atoms in total. The maximum atomic E-state index is 11.1. The predicted octanol–water partition coefficient (Wildman–Crippen LogP) is 1.56. The van der Waals surface area contributed by atoms with E-state index in [9.17, 15) is 4.79 Å². The Hall–Kier alpha value is -3.93. The largest absolute Gasteiger partial charge is 0.477 e. The number of benzene rings is 1. The maximum absolute atomic E-state index is 11.1. The molecule has 0 unspecified atom stereocenters. The molecule has 0 fully saturated rings. The van der Waals surface area contributed by atoms with Crippen LogP contribution in [0, 0.1) is 11.3 Å². The molecule has 0 amide bonds. The van der Waals surface area contributed by atoms with Gasteiger partial charge in [0.25, 0.3) is 5.95 Å². The minimum Gasteiger partial charge on any atom is -0.477 e. The molecule has 9 heteroatoms.